The predicted octanol–water partition coefficient (Wildman–Crippen LogP) is 2.29. The minimum absolute atomic E-state index is 0.121. The van der Waals surface area contributed by atoms with Crippen molar-refractivity contribution in [3.63, 3.8) is 0 Å². The maximum atomic E-state index is 12.9. The summed E-state index contributed by atoms with van der Waals surface area (Å²) in [5, 5.41) is 2.87. The molecule has 1 fully saturated rings. The molecule has 138 valence electrons. The fourth-order valence-electron chi connectivity index (χ4n) is 3.36. The number of likely N-dealkylation sites (tertiary alicyclic amines) is 1. The molecule has 27 heavy (non-hydrogen) atoms. The second kappa shape index (κ2) is 7.57. The van der Waals surface area contributed by atoms with Crippen LogP contribution >= 0.6 is 0 Å². The van der Waals surface area contributed by atoms with Gasteiger partial charge in [-0.05, 0) is 49.1 Å². The highest BCUT2D eigenvalue weighted by atomic mass is 16.2. The molecule has 1 saturated heterocycles. The van der Waals surface area contributed by atoms with Crippen LogP contribution in [-0.4, -0.2) is 44.2 Å². The van der Waals surface area contributed by atoms with Gasteiger partial charge in [-0.15, -0.1) is 0 Å². The van der Waals surface area contributed by atoms with E-state index in [4.69, 9.17) is 0 Å². The third-order valence-electron chi connectivity index (χ3n) is 4.80. The average molecular weight is 363 g/mol. The first-order valence-electron chi connectivity index (χ1n) is 9.17. The average Bonchev–Trinajstić information content (AvgIpc) is 3.13. The molecule has 4 rings (SSSR count). The number of aromatic nitrogens is 3. The number of hydrogen-bond acceptors (Lipinski definition) is 4. The Morgan fingerprint density at radius 1 is 1.04 bits per heavy atom. The van der Waals surface area contributed by atoms with Crippen LogP contribution in [0.3, 0.4) is 0 Å². The molecule has 0 aromatic carbocycles. The van der Waals surface area contributed by atoms with Crippen molar-refractivity contribution in [2.45, 2.75) is 25.8 Å². The van der Waals surface area contributed by atoms with Crippen LogP contribution in [0.4, 0.5) is 0 Å². The van der Waals surface area contributed by atoms with Gasteiger partial charge in [-0.25, -0.2) is 4.98 Å². The van der Waals surface area contributed by atoms with Crippen LogP contribution < -0.4 is 5.32 Å². The third kappa shape index (κ3) is 3.53. The van der Waals surface area contributed by atoms with Crippen LogP contribution in [0.15, 0.2) is 48.9 Å². The molecule has 1 aliphatic rings. The number of nitrogens with zero attached hydrogens (tertiary/aromatic N) is 4. The van der Waals surface area contributed by atoms with Crippen molar-refractivity contribution < 1.29 is 9.59 Å². The van der Waals surface area contributed by atoms with Gasteiger partial charge in [0.1, 0.15) is 0 Å². The molecule has 0 unspecified atom stereocenters. The minimum atomic E-state index is -0.298. The number of fused-ring (bicyclic) bond motifs is 1. The van der Waals surface area contributed by atoms with Crippen LogP contribution in [0, 0.1) is 0 Å². The fourth-order valence-corrected chi connectivity index (χ4v) is 3.36. The van der Waals surface area contributed by atoms with Gasteiger partial charge >= 0.3 is 0 Å². The van der Waals surface area contributed by atoms with Crippen LogP contribution in [0.2, 0.25) is 0 Å². The van der Waals surface area contributed by atoms with Crippen molar-refractivity contribution in [1.82, 2.24) is 24.6 Å². The summed E-state index contributed by atoms with van der Waals surface area (Å²) in [5.41, 5.74) is 1.85. The van der Waals surface area contributed by atoms with Crippen molar-refractivity contribution in [1.29, 1.82) is 0 Å². The molecule has 7 heteroatoms. The Bertz CT molecular complexity index is 961. The second-order valence-electron chi connectivity index (χ2n) is 6.63. The van der Waals surface area contributed by atoms with Gasteiger partial charge in [0.15, 0.2) is 5.69 Å². The summed E-state index contributed by atoms with van der Waals surface area (Å²) in [6.07, 6.45) is 8.31. The van der Waals surface area contributed by atoms with Crippen LogP contribution in [-0.2, 0) is 6.54 Å². The smallest absolute Gasteiger partial charge is 0.290 e. The lowest BCUT2D eigenvalue weighted by Gasteiger charge is -2.25. The number of pyridine rings is 2. The number of piperidine rings is 1. The highest BCUT2D eigenvalue weighted by molar-refractivity contribution is 6.02. The molecule has 3 aromatic heterocycles. The SMILES string of the molecule is O=C(NCc1ccncc1)c1nc(C(=O)N2CCCCC2)n2ccccc12. The zero-order chi connectivity index (χ0) is 18.6. The Morgan fingerprint density at radius 3 is 2.59 bits per heavy atom. The van der Waals surface area contributed by atoms with E-state index in [-0.39, 0.29) is 17.5 Å². The van der Waals surface area contributed by atoms with E-state index in [0.717, 1.165) is 37.9 Å². The molecule has 2 amide bonds. The number of carbonyl (C=O) groups is 2. The van der Waals surface area contributed by atoms with Gasteiger partial charge in [0.2, 0.25) is 5.82 Å². The summed E-state index contributed by atoms with van der Waals surface area (Å²) in [6.45, 7) is 1.86. The number of carbonyl (C=O) groups excluding carboxylic acids is 2. The van der Waals surface area contributed by atoms with Crippen molar-refractivity contribution in [3.8, 4) is 0 Å². The van der Waals surface area contributed by atoms with Gasteiger partial charge < -0.3 is 10.2 Å². The quantitative estimate of drug-likeness (QED) is 0.771. The van der Waals surface area contributed by atoms with Crippen molar-refractivity contribution in [2.24, 2.45) is 0 Å². The van der Waals surface area contributed by atoms with Gasteiger partial charge in [0.25, 0.3) is 11.8 Å². The first-order chi connectivity index (χ1) is 13.2. The molecule has 0 saturated carbocycles. The highest BCUT2D eigenvalue weighted by Crippen LogP contribution is 2.17. The Balaban J connectivity index is 1.61. The first kappa shape index (κ1) is 17.2. The van der Waals surface area contributed by atoms with Gasteiger partial charge in [-0.2, -0.15) is 0 Å². The van der Waals surface area contributed by atoms with Crippen LogP contribution in [0.1, 0.15) is 45.9 Å². The molecular weight excluding hydrogens is 342 g/mol. The Kier molecular flexibility index (Phi) is 4.82. The number of nitrogens with one attached hydrogen (secondary N) is 1. The summed E-state index contributed by atoms with van der Waals surface area (Å²) in [5.74, 6) is -0.126. The number of rotatable bonds is 4. The van der Waals surface area contributed by atoms with Crippen LogP contribution in [0.25, 0.3) is 5.52 Å². The summed E-state index contributed by atoms with van der Waals surface area (Å²) in [4.78, 5) is 35.9. The molecule has 1 aliphatic heterocycles. The maximum Gasteiger partial charge on any atom is 0.290 e. The molecule has 7 nitrogen and oxygen atoms in total. The van der Waals surface area contributed by atoms with Crippen molar-refractivity contribution >= 4 is 17.3 Å². The Morgan fingerprint density at radius 2 is 1.81 bits per heavy atom. The second-order valence-corrected chi connectivity index (χ2v) is 6.63. The molecule has 0 bridgehead atoms. The van der Waals surface area contributed by atoms with E-state index >= 15 is 0 Å². The van der Waals surface area contributed by atoms with E-state index in [0.29, 0.717) is 17.9 Å². The lowest BCUT2D eigenvalue weighted by molar-refractivity contribution is 0.0711. The van der Waals surface area contributed by atoms with Crippen molar-refractivity contribution in [2.75, 3.05) is 13.1 Å². The predicted molar refractivity (Wildman–Crippen MR) is 100 cm³/mol. The van der Waals surface area contributed by atoms with E-state index in [1.54, 1.807) is 29.1 Å². The summed E-state index contributed by atoms with van der Waals surface area (Å²) in [6, 6.07) is 9.17. The summed E-state index contributed by atoms with van der Waals surface area (Å²) < 4.78 is 1.71. The lowest BCUT2D eigenvalue weighted by atomic mass is 10.1. The zero-order valence-corrected chi connectivity index (χ0v) is 15.0. The van der Waals surface area contributed by atoms with E-state index in [1.165, 1.54) is 0 Å². The third-order valence-corrected chi connectivity index (χ3v) is 4.80. The molecule has 4 heterocycles. The Hall–Kier alpha value is -3.22. The van der Waals surface area contributed by atoms with Gasteiger partial charge in [-0.1, -0.05) is 6.07 Å². The molecule has 0 atom stereocenters. The summed E-state index contributed by atoms with van der Waals surface area (Å²) in [7, 11) is 0. The number of amides is 2. The minimum Gasteiger partial charge on any atom is -0.347 e. The van der Waals surface area contributed by atoms with Gasteiger partial charge in [0, 0.05) is 38.2 Å². The topological polar surface area (TPSA) is 79.6 Å². The summed E-state index contributed by atoms with van der Waals surface area (Å²) >= 11 is 0. The maximum absolute atomic E-state index is 12.9. The normalized spacial score (nSPS) is 14.3. The highest BCUT2D eigenvalue weighted by Gasteiger charge is 2.25. The van der Waals surface area contributed by atoms with E-state index in [9.17, 15) is 9.59 Å². The largest absolute Gasteiger partial charge is 0.347 e. The molecule has 0 aliphatic carbocycles. The molecule has 0 spiro atoms. The van der Waals surface area contributed by atoms with Crippen molar-refractivity contribution in [3.05, 3.63) is 66.0 Å². The Labute approximate surface area is 157 Å². The first-order valence-corrected chi connectivity index (χ1v) is 9.17. The standard InChI is InChI=1S/C20H21N5O2/c26-19(22-14-15-7-9-21-10-8-15)17-16-6-2-5-13-25(16)18(23-17)20(27)24-11-3-1-4-12-24/h2,5-10,13H,1,3-4,11-12,14H2,(H,22,26). The molecule has 0 radical (unpaired) electrons. The van der Waals surface area contributed by atoms with Gasteiger partial charge in [-0.3, -0.25) is 19.0 Å². The number of hydrogen-bond donors (Lipinski definition) is 1. The molecule has 1 N–H and O–H groups in total. The van der Waals surface area contributed by atoms with E-state index in [2.05, 4.69) is 15.3 Å². The molecular formula is C20H21N5O2. The monoisotopic (exact) mass is 363 g/mol. The fraction of sp³-hybridized carbons (Fsp3) is 0.300. The van der Waals surface area contributed by atoms with Gasteiger partial charge in [0.05, 0.1) is 5.52 Å². The number of imidazole rings is 1. The molecule has 3 aromatic rings. The zero-order valence-electron chi connectivity index (χ0n) is 15.0. The van der Waals surface area contributed by atoms with E-state index < -0.39 is 0 Å². The van der Waals surface area contributed by atoms with E-state index in [1.807, 2.05) is 29.2 Å². The lowest BCUT2D eigenvalue weighted by Crippen LogP contribution is -2.36. The van der Waals surface area contributed by atoms with Crippen LogP contribution in [0.5, 0.6) is 0 Å².